The average molecular weight is 354 g/mol. The van der Waals surface area contributed by atoms with Gasteiger partial charge in [-0.3, -0.25) is 0 Å². The van der Waals surface area contributed by atoms with E-state index < -0.39 is 0 Å². The first-order valence-corrected chi connectivity index (χ1v) is 9.08. The molecule has 0 heterocycles. The third-order valence-electron chi connectivity index (χ3n) is 4.49. The van der Waals surface area contributed by atoms with Crippen molar-refractivity contribution in [3.8, 4) is 5.75 Å². The van der Waals surface area contributed by atoms with Crippen LogP contribution in [0.4, 0.5) is 0 Å². The molecular weight excluding hydrogens is 326 g/mol. The number of hydrogen-bond acceptors (Lipinski definition) is 2. The van der Waals surface area contributed by atoms with E-state index in [1.54, 1.807) is 7.11 Å². The average Bonchev–Trinajstić information content (AvgIpc) is 3.00. The van der Waals surface area contributed by atoms with E-state index in [9.17, 15) is 0 Å². The molecule has 1 N–H and O–H groups in total. The van der Waals surface area contributed by atoms with Crippen molar-refractivity contribution in [1.82, 2.24) is 5.32 Å². The maximum Gasteiger partial charge on any atom is 0.119 e. The molecule has 1 aliphatic rings. The highest BCUT2D eigenvalue weighted by Gasteiger charge is 2.20. The van der Waals surface area contributed by atoms with E-state index in [1.165, 1.54) is 48.6 Å². The molecule has 1 aliphatic carbocycles. The number of ether oxygens (including phenoxy) is 1. The fourth-order valence-corrected chi connectivity index (χ4v) is 3.74. The molecule has 2 nitrogen and oxygen atoms in total. The van der Waals surface area contributed by atoms with Gasteiger partial charge >= 0.3 is 0 Å². The van der Waals surface area contributed by atoms with E-state index in [1.807, 2.05) is 6.07 Å². The van der Waals surface area contributed by atoms with Crippen molar-refractivity contribution in [3.63, 3.8) is 0 Å². The molecule has 21 heavy (non-hydrogen) atoms. The van der Waals surface area contributed by atoms with E-state index in [0.717, 1.165) is 24.6 Å². The van der Waals surface area contributed by atoms with Gasteiger partial charge in [0, 0.05) is 10.5 Å². The molecule has 0 saturated heterocycles. The van der Waals surface area contributed by atoms with Crippen molar-refractivity contribution in [3.05, 3.63) is 28.2 Å². The van der Waals surface area contributed by atoms with Crippen LogP contribution >= 0.6 is 15.9 Å². The highest BCUT2D eigenvalue weighted by molar-refractivity contribution is 9.10. The maximum atomic E-state index is 5.36. The van der Waals surface area contributed by atoms with Crippen molar-refractivity contribution in [2.75, 3.05) is 13.7 Å². The standard InChI is InChI=1S/C18H28BrNO/c1-3-10-20-16(11-14-6-4-5-7-14)12-15-13-17(21-2)8-9-18(15)19/h8-9,13-14,16,20H,3-7,10-12H2,1-2H3. The summed E-state index contributed by atoms with van der Waals surface area (Å²) in [5.74, 6) is 1.87. The smallest absolute Gasteiger partial charge is 0.119 e. The van der Waals surface area contributed by atoms with Crippen molar-refractivity contribution < 1.29 is 4.74 Å². The van der Waals surface area contributed by atoms with E-state index in [-0.39, 0.29) is 0 Å². The first-order valence-electron chi connectivity index (χ1n) is 8.28. The summed E-state index contributed by atoms with van der Waals surface area (Å²) in [5, 5.41) is 3.75. The molecule has 1 atom stereocenters. The van der Waals surface area contributed by atoms with Crippen LogP contribution in [0.5, 0.6) is 5.75 Å². The molecule has 1 aromatic carbocycles. The third kappa shape index (κ3) is 5.30. The molecule has 1 aromatic rings. The van der Waals surface area contributed by atoms with Crippen LogP contribution in [0.15, 0.2) is 22.7 Å². The Kier molecular flexibility index (Phi) is 7.05. The van der Waals surface area contributed by atoms with Crippen molar-refractivity contribution >= 4 is 15.9 Å². The van der Waals surface area contributed by atoms with Gasteiger partial charge in [-0.2, -0.15) is 0 Å². The lowest BCUT2D eigenvalue weighted by molar-refractivity contribution is 0.383. The molecule has 0 amide bonds. The molecule has 0 aromatic heterocycles. The quantitative estimate of drug-likeness (QED) is 0.713. The van der Waals surface area contributed by atoms with Crippen LogP contribution in [0.2, 0.25) is 0 Å². The van der Waals surface area contributed by atoms with Crippen molar-refractivity contribution in [2.45, 2.75) is 57.9 Å². The SMILES string of the molecule is CCCNC(Cc1cc(OC)ccc1Br)CC1CCCC1. The van der Waals surface area contributed by atoms with Gasteiger partial charge in [-0.15, -0.1) is 0 Å². The van der Waals surface area contributed by atoms with Crippen LogP contribution in [0.1, 0.15) is 51.0 Å². The number of benzene rings is 1. The summed E-state index contributed by atoms with van der Waals surface area (Å²) in [7, 11) is 1.73. The number of nitrogens with one attached hydrogen (secondary N) is 1. The lowest BCUT2D eigenvalue weighted by Gasteiger charge is -2.23. The van der Waals surface area contributed by atoms with Gasteiger partial charge in [0.15, 0.2) is 0 Å². The van der Waals surface area contributed by atoms with Crippen LogP contribution in [0, 0.1) is 5.92 Å². The lowest BCUT2D eigenvalue weighted by Crippen LogP contribution is -2.33. The Labute approximate surface area is 137 Å². The molecule has 118 valence electrons. The minimum atomic E-state index is 0.580. The van der Waals surface area contributed by atoms with Crippen molar-refractivity contribution in [2.24, 2.45) is 5.92 Å². The summed E-state index contributed by atoms with van der Waals surface area (Å²) >= 11 is 3.69. The Hall–Kier alpha value is -0.540. The zero-order valence-electron chi connectivity index (χ0n) is 13.3. The monoisotopic (exact) mass is 353 g/mol. The molecular formula is C18H28BrNO. The summed E-state index contributed by atoms with van der Waals surface area (Å²) in [6, 6.07) is 6.86. The molecule has 1 saturated carbocycles. The number of halogens is 1. The molecule has 0 spiro atoms. The molecule has 1 unspecified atom stereocenters. The minimum Gasteiger partial charge on any atom is -0.497 e. The van der Waals surface area contributed by atoms with Gasteiger partial charge in [0.1, 0.15) is 5.75 Å². The Morgan fingerprint density at radius 2 is 2.10 bits per heavy atom. The number of methoxy groups -OCH3 is 1. The zero-order valence-corrected chi connectivity index (χ0v) is 14.9. The molecule has 0 radical (unpaired) electrons. The molecule has 2 rings (SSSR count). The Balaban J connectivity index is 2.02. The van der Waals surface area contributed by atoms with E-state index in [4.69, 9.17) is 4.74 Å². The molecule has 0 aliphatic heterocycles. The Morgan fingerprint density at radius 1 is 1.33 bits per heavy atom. The second kappa shape index (κ2) is 8.79. The van der Waals surface area contributed by atoms with E-state index >= 15 is 0 Å². The zero-order chi connectivity index (χ0) is 15.1. The summed E-state index contributed by atoms with van der Waals surface area (Å²) in [5.41, 5.74) is 1.35. The first kappa shape index (κ1) is 16.8. The van der Waals surface area contributed by atoms with Crippen LogP contribution in [-0.2, 0) is 6.42 Å². The van der Waals surface area contributed by atoms with Gasteiger partial charge in [-0.25, -0.2) is 0 Å². The van der Waals surface area contributed by atoms with Gasteiger partial charge < -0.3 is 10.1 Å². The summed E-state index contributed by atoms with van der Waals surface area (Å²) < 4.78 is 6.56. The fraction of sp³-hybridized carbons (Fsp3) is 0.667. The van der Waals surface area contributed by atoms with Gasteiger partial charge in [0.05, 0.1) is 7.11 Å². The van der Waals surface area contributed by atoms with Crippen LogP contribution in [0.3, 0.4) is 0 Å². The molecule has 1 fully saturated rings. The van der Waals surface area contributed by atoms with Gasteiger partial charge in [0.2, 0.25) is 0 Å². The second-order valence-corrected chi connectivity index (χ2v) is 7.05. The van der Waals surface area contributed by atoms with Gasteiger partial charge in [-0.05, 0) is 55.5 Å². The number of rotatable bonds is 8. The largest absolute Gasteiger partial charge is 0.497 e. The van der Waals surface area contributed by atoms with E-state index in [2.05, 4.69) is 40.3 Å². The normalized spacial score (nSPS) is 17.1. The van der Waals surface area contributed by atoms with Crippen LogP contribution in [0.25, 0.3) is 0 Å². The van der Waals surface area contributed by atoms with Crippen LogP contribution in [-0.4, -0.2) is 19.7 Å². The fourth-order valence-electron chi connectivity index (χ4n) is 3.34. The third-order valence-corrected chi connectivity index (χ3v) is 5.27. The second-order valence-electron chi connectivity index (χ2n) is 6.20. The summed E-state index contributed by atoms with van der Waals surface area (Å²) in [6.07, 6.45) is 9.27. The van der Waals surface area contributed by atoms with Crippen molar-refractivity contribution in [1.29, 1.82) is 0 Å². The predicted octanol–water partition coefficient (Wildman–Crippen LogP) is 4.95. The van der Waals surface area contributed by atoms with Gasteiger partial charge in [0.25, 0.3) is 0 Å². The first-order chi connectivity index (χ1) is 10.2. The predicted molar refractivity (Wildman–Crippen MR) is 93.1 cm³/mol. The molecule has 0 bridgehead atoms. The highest BCUT2D eigenvalue weighted by Crippen LogP contribution is 2.30. The number of hydrogen-bond donors (Lipinski definition) is 1. The highest BCUT2D eigenvalue weighted by atomic mass is 79.9. The maximum absolute atomic E-state index is 5.36. The van der Waals surface area contributed by atoms with Gasteiger partial charge in [-0.1, -0.05) is 48.5 Å². The lowest BCUT2D eigenvalue weighted by atomic mass is 9.93. The topological polar surface area (TPSA) is 21.3 Å². The Bertz CT molecular complexity index is 429. The summed E-state index contributed by atoms with van der Waals surface area (Å²) in [4.78, 5) is 0. The van der Waals surface area contributed by atoms with Crippen LogP contribution < -0.4 is 10.1 Å². The minimum absolute atomic E-state index is 0.580. The Morgan fingerprint density at radius 3 is 2.76 bits per heavy atom. The van der Waals surface area contributed by atoms with E-state index in [0.29, 0.717) is 6.04 Å². The molecule has 3 heteroatoms. The summed E-state index contributed by atoms with van der Waals surface area (Å²) in [6.45, 7) is 3.35.